The van der Waals surface area contributed by atoms with Crippen molar-refractivity contribution in [3.63, 3.8) is 0 Å². The Labute approximate surface area is 89.2 Å². The summed E-state index contributed by atoms with van der Waals surface area (Å²) >= 11 is 5.22. The maximum Gasteiger partial charge on any atom is 0.339 e. The lowest BCUT2D eigenvalue weighted by atomic mass is 10.1. The van der Waals surface area contributed by atoms with Gasteiger partial charge in [-0.3, -0.25) is 0 Å². The Hall–Kier alpha value is -1.20. The van der Waals surface area contributed by atoms with Gasteiger partial charge in [-0.15, -0.1) is 0 Å². The number of aliphatic hydroxyl groups excluding tert-OH is 1. The summed E-state index contributed by atoms with van der Waals surface area (Å²) in [6.07, 6.45) is -1.73. The number of rotatable bonds is 2. The average Bonchev–Trinajstić information content (AvgIpc) is 2.23. The fourth-order valence-corrected chi connectivity index (χ4v) is 1.09. The predicted octanol–water partition coefficient (Wildman–Crippen LogP) is 1.82. The maximum atomic E-state index is 12.9. The highest BCUT2D eigenvalue weighted by Crippen LogP contribution is 2.24. The monoisotopic (exact) mass is 236 g/mol. The highest BCUT2D eigenvalue weighted by molar-refractivity contribution is 6.30. The molecule has 0 fully saturated rings. The molecule has 1 N–H and O–H groups in total. The normalized spacial score (nSPS) is 12.3. The summed E-state index contributed by atoms with van der Waals surface area (Å²) in [5.41, 5.74) is -0.249. The Morgan fingerprint density at radius 1 is 1.47 bits per heavy atom. The summed E-state index contributed by atoms with van der Waals surface area (Å²) in [7, 11) is 1.05. The molecule has 82 valence electrons. The molecular weight excluding hydrogens is 230 g/mol. The molecule has 0 bridgehead atoms. The molecular formula is C9H7ClF2O3. The molecule has 0 spiro atoms. The van der Waals surface area contributed by atoms with Gasteiger partial charge < -0.3 is 9.84 Å². The van der Waals surface area contributed by atoms with E-state index in [1.54, 1.807) is 0 Å². The van der Waals surface area contributed by atoms with Crippen molar-refractivity contribution in [1.82, 2.24) is 0 Å². The first-order chi connectivity index (χ1) is 6.97. The predicted molar refractivity (Wildman–Crippen MR) is 48.3 cm³/mol. The summed E-state index contributed by atoms with van der Waals surface area (Å²) in [4.78, 5) is 10.9. The van der Waals surface area contributed by atoms with Crippen LogP contribution in [-0.2, 0) is 9.53 Å². The van der Waals surface area contributed by atoms with Crippen molar-refractivity contribution < 1.29 is 23.4 Å². The number of methoxy groups -OCH3 is 1. The molecule has 0 radical (unpaired) electrons. The van der Waals surface area contributed by atoms with Crippen LogP contribution in [0.4, 0.5) is 8.78 Å². The van der Waals surface area contributed by atoms with E-state index in [2.05, 4.69) is 4.74 Å². The smallest absolute Gasteiger partial charge is 0.339 e. The van der Waals surface area contributed by atoms with Crippen LogP contribution in [0.15, 0.2) is 12.1 Å². The number of aliphatic hydroxyl groups is 1. The van der Waals surface area contributed by atoms with Crippen LogP contribution in [0.1, 0.15) is 11.7 Å². The molecule has 1 aromatic rings. The molecule has 0 saturated heterocycles. The van der Waals surface area contributed by atoms with E-state index in [1.807, 2.05) is 0 Å². The van der Waals surface area contributed by atoms with Crippen molar-refractivity contribution in [3.8, 4) is 0 Å². The quantitative estimate of drug-likeness (QED) is 0.629. The van der Waals surface area contributed by atoms with E-state index >= 15 is 0 Å². The number of esters is 1. The van der Waals surface area contributed by atoms with E-state index in [1.165, 1.54) is 0 Å². The SMILES string of the molecule is COC(=O)C(O)c1cc(F)c(Cl)c(F)c1. The minimum absolute atomic E-state index is 0.249. The van der Waals surface area contributed by atoms with E-state index in [-0.39, 0.29) is 5.56 Å². The van der Waals surface area contributed by atoms with Gasteiger partial charge >= 0.3 is 5.97 Å². The Morgan fingerprint density at radius 3 is 2.33 bits per heavy atom. The number of halogens is 3. The summed E-state index contributed by atoms with van der Waals surface area (Å²) in [5.74, 6) is -3.10. The number of benzene rings is 1. The third-order valence-electron chi connectivity index (χ3n) is 1.75. The minimum Gasteiger partial charge on any atom is -0.467 e. The molecule has 0 saturated carbocycles. The second-order valence-electron chi connectivity index (χ2n) is 2.72. The van der Waals surface area contributed by atoms with Crippen LogP contribution >= 0.6 is 11.6 Å². The number of carbonyl (C=O) groups is 1. The van der Waals surface area contributed by atoms with E-state index in [0.717, 1.165) is 19.2 Å². The second kappa shape index (κ2) is 4.55. The van der Waals surface area contributed by atoms with Crippen LogP contribution in [0, 0.1) is 11.6 Å². The standard InChI is InChI=1S/C9H7ClF2O3/c1-15-9(14)8(13)4-2-5(11)7(10)6(12)3-4/h2-3,8,13H,1H3. The Morgan fingerprint density at radius 2 is 1.93 bits per heavy atom. The highest BCUT2D eigenvalue weighted by Gasteiger charge is 2.21. The van der Waals surface area contributed by atoms with Gasteiger partial charge in [0.1, 0.15) is 16.7 Å². The molecule has 0 amide bonds. The molecule has 0 aliphatic rings. The zero-order chi connectivity index (χ0) is 11.6. The molecule has 1 rings (SSSR count). The first-order valence-electron chi connectivity index (χ1n) is 3.87. The molecule has 0 heterocycles. The minimum atomic E-state index is -1.73. The zero-order valence-electron chi connectivity index (χ0n) is 7.63. The van der Waals surface area contributed by atoms with Crippen LogP contribution in [0.2, 0.25) is 5.02 Å². The lowest BCUT2D eigenvalue weighted by Crippen LogP contribution is -2.14. The van der Waals surface area contributed by atoms with Crippen molar-refractivity contribution in [2.75, 3.05) is 7.11 Å². The Kier molecular flexibility index (Phi) is 3.60. The van der Waals surface area contributed by atoms with Gasteiger partial charge in [0.05, 0.1) is 7.11 Å². The van der Waals surface area contributed by atoms with Crippen molar-refractivity contribution in [1.29, 1.82) is 0 Å². The third kappa shape index (κ3) is 2.43. The van der Waals surface area contributed by atoms with Crippen LogP contribution in [0.3, 0.4) is 0 Å². The molecule has 1 aromatic carbocycles. The van der Waals surface area contributed by atoms with Crippen LogP contribution in [0.25, 0.3) is 0 Å². The Bertz CT molecular complexity index is 372. The molecule has 1 atom stereocenters. The fourth-order valence-electron chi connectivity index (χ4n) is 0.981. The van der Waals surface area contributed by atoms with E-state index < -0.39 is 28.7 Å². The van der Waals surface area contributed by atoms with Crippen LogP contribution in [-0.4, -0.2) is 18.2 Å². The van der Waals surface area contributed by atoms with E-state index in [9.17, 15) is 18.7 Å². The number of hydrogen-bond donors (Lipinski definition) is 1. The molecule has 0 aliphatic heterocycles. The molecule has 0 aromatic heterocycles. The van der Waals surface area contributed by atoms with Crippen molar-refractivity contribution in [2.45, 2.75) is 6.10 Å². The van der Waals surface area contributed by atoms with Crippen LogP contribution < -0.4 is 0 Å². The zero-order valence-corrected chi connectivity index (χ0v) is 8.39. The van der Waals surface area contributed by atoms with E-state index in [4.69, 9.17) is 11.6 Å². The average molecular weight is 237 g/mol. The van der Waals surface area contributed by atoms with Crippen molar-refractivity contribution in [2.24, 2.45) is 0 Å². The molecule has 15 heavy (non-hydrogen) atoms. The fraction of sp³-hybridized carbons (Fsp3) is 0.222. The molecule has 3 nitrogen and oxygen atoms in total. The molecule has 6 heteroatoms. The van der Waals surface area contributed by atoms with Crippen molar-refractivity contribution in [3.05, 3.63) is 34.4 Å². The van der Waals surface area contributed by atoms with Gasteiger partial charge in [0.2, 0.25) is 0 Å². The van der Waals surface area contributed by atoms with Gasteiger partial charge in [0.15, 0.2) is 6.10 Å². The number of hydrogen-bond acceptors (Lipinski definition) is 3. The number of carbonyl (C=O) groups excluding carboxylic acids is 1. The first-order valence-corrected chi connectivity index (χ1v) is 4.25. The summed E-state index contributed by atoms with van der Waals surface area (Å²) in [6, 6.07) is 1.54. The third-order valence-corrected chi connectivity index (χ3v) is 2.11. The topological polar surface area (TPSA) is 46.5 Å². The summed E-state index contributed by atoms with van der Waals surface area (Å²) < 4.78 is 30.1. The summed E-state index contributed by atoms with van der Waals surface area (Å²) in [6.45, 7) is 0. The lowest BCUT2D eigenvalue weighted by molar-refractivity contribution is -0.150. The number of ether oxygens (including phenoxy) is 1. The second-order valence-corrected chi connectivity index (χ2v) is 3.10. The first kappa shape index (κ1) is 11.9. The largest absolute Gasteiger partial charge is 0.467 e. The molecule has 1 unspecified atom stereocenters. The van der Waals surface area contributed by atoms with Gasteiger partial charge in [-0.05, 0) is 17.7 Å². The molecule has 0 aliphatic carbocycles. The van der Waals surface area contributed by atoms with Gasteiger partial charge in [-0.25, -0.2) is 13.6 Å². The van der Waals surface area contributed by atoms with E-state index in [0.29, 0.717) is 0 Å². The van der Waals surface area contributed by atoms with Gasteiger partial charge in [-0.1, -0.05) is 11.6 Å². The lowest BCUT2D eigenvalue weighted by Gasteiger charge is -2.09. The van der Waals surface area contributed by atoms with Crippen LogP contribution in [0.5, 0.6) is 0 Å². The van der Waals surface area contributed by atoms with Gasteiger partial charge in [0, 0.05) is 0 Å². The van der Waals surface area contributed by atoms with Gasteiger partial charge in [0.25, 0.3) is 0 Å². The van der Waals surface area contributed by atoms with Gasteiger partial charge in [-0.2, -0.15) is 0 Å². The summed E-state index contributed by atoms with van der Waals surface area (Å²) in [5, 5.41) is 8.59. The highest BCUT2D eigenvalue weighted by atomic mass is 35.5. The Balaban J connectivity index is 3.11. The van der Waals surface area contributed by atoms with Crippen molar-refractivity contribution >= 4 is 17.6 Å². The maximum absolute atomic E-state index is 12.9.